The maximum Gasteiger partial charge on any atom is 0.243 e. The first-order valence-corrected chi connectivity index (χ1v) is 9.92. The van der Waals surface area contributed by atoms with E-state index in [0.717, 1.165) is 24.5 Å². The predicted molar refractivity (Wildman–Crippen MR) is 115 cm³/mol. The highest BCUT2D eigenvalue weighted by Gasteiger charge is 2.17. The Hall–Kier alpha value is -2.49. The van der Waals surface area contributed by atoms with E-state index in [1.807, 2.05) is 30.3 Å². The highest BCUT2D eigenvalue weighted by molar-refractivity contribution is 5.94. The lowest BCUT2D eigenvalue weighted by molar-refractivity contribution is -0.114. The van der Waals surface area contributed by atoms with Gasteiger partial charge in [0.15, 0.2) is 0 Å². The van der Waals surface area contributed by atoms with Gasteiger partial charge in [-0.05, 0) is 60.6 Å². The first kappa shape index (κ1) is 19.3. The Balaban J connectivity index is 1.55. The van der Waals surface area contributed by atoms with Crippen LogP contribution in [0, 0.1) is 0 Å². The Bertz CT molecular complexity index is 756. The molecule has 3 rings (SSSR count). The molecule has 0 atom stereocenters. The van der Waals surface area contributed by atoms with Crippen LogP contribution in [0.5, 0.6) is 0 Å². The van der Waals surface area contributed by atoms with Crippen LogP contribution in [0.3, 0.4) is 0 Å². The Kier molecular flexibility index (Phi) is 6.04. The van der Waals surface area contributed by atoms with Crippen LogP contribution in [0.4, 0.5) is 17.1 Å². The van der Waals surface area contributed by atoms with Crippen molar-refractivity contribution in [3.05, 3.63) is 54.1 Å². The van der Waals surface area contributed by atoms with Gasteiger partial charge in [-0.25, -0.2) is 0 Å². The first-order chi connectivity index (χ1) is 12.9. The van der Waals surface area contributed by atoms with E-state index in [4.69, 9.17) is 0 Å². The molecule has 2 aromatic rings. The number of rotatable bonds is 5. The van der Waals surface area contributed by atoms with E-state index in [1.54, 1.807) is 0 Å². The minimum absolute atomic E-state index is 0.0321. The van der Waals surface area contributed by atoms with E-state index >= 15 is 0 Å². The molecule has 2 aromatic carbocycles. The molecule has 2 N–H and O–H groups in total. The molecule has 0 radical (unpaired) electrons. The quantitative estimate of drug-likeness (QED) is 0.781. The Morgan fingerprint density at radius 1 is 0.963 bits per heavy atom. The number of amides is 1. The summed E-state index contributed by atoms with van der Waals surface area (Å²) in [5.41, 5.74) is 4.34. The van der Waals surface area contributed by atoms with Crippen LogP contribution < -0.4 is 15.5 Å². The first-order valence-electron chi connectivity index (χ1n) is 9.92. The number of nitrogens with zero attached hydrogens (tertiary/aromatic N) is 1. The fourth-order valence-corrected chi connectivity index (χ4v) is 3.58. The largest absolute Gasteiger partial charge is 0.376 e. The summed E-state index contributed by atoms with van der Waals surface area (Å²) in [5, 5.41) is 6.26. The second-order valence-corrected chi connectivity index (χ2v) is 8.29. The van der Waals surface area contributed by atoms with E-state index in [2.05, 4.69) is 54.5 Å². The SMILES string of the molecule is CC(C)(C)c1ccccc1NCC(=O)Nc1ccc(N2CCCCC2)cc1. The number of hydrogen-bond donors (Lipinski definition) is 2. The molecule has 0 unspecified atom stereocenters. The van der Waals surface area contributed by atoms with E-state index in [1.165, 1.54) is 30.5 Å². The van der Waals surface area contributed by atoms with Gasteiger partial charge >= 0.3 is 0 Å². The monoisotopic (exact) mass is 365 g/mol. The van der Waals surface area contributed by atoms with Gasteiger partial charge in [0.1, 0.15) is 0 Å². The summed E-state index contributed by atoms with van der Waals surface area (Å²) in [6.07, 6.45) is 3.86. The summed E-state index contributed by atoms with van der Waals surface area (Å²) in [7, 11) is 0. The second kappa shape index (κ2) is 8.47. The van der Waals surface area contributed by atoms with E-state index < -0.39 is 0 Å². The van der Waals surface area contributed by atoms with Gasteiger partial charge in [-0.3, -0.25) is 4.79 Å². The van der Waals surface area contributed by atoms with Gasteiger partial charge in [-0.1, -0.05) is 39.0 Å². The summed E-state index contributed by atoms with van der Waals surface area (Å²) in [4.78, 5) is 14.8. The third-order valence-electron chi connectivity index (χ3n) is 5.05. The molecular formula is C23H31N3O. The average molecular weight is 366 g/mol. The number of benzene rings is 2. The standard InChI is InChI=1S/C23H31N3O/c1-23(2,3)20-9-5-6-10-21(20)24-17-22(27)25-18-11-13-19(14-12-18)26-15-7-4-8-16-26/h5-6,9-14,24H,4,7-8,15-17H2,1-3H3,(H,25,27). The fourth-order valence-electron chi connectivity index (χ4n) is 3.58. The van der Waals surface area contributed by atoms with Crippen LogP contribution >= 0.6 is 0 Å². The zero-order valence-electron chi connectivity index (χ0n) is 16.7. The zero-order chi connectivity index (χ0) is 19.3. The Morgan fingerprint density at radius 3 is 2.30 bits per heavy atom. The van der Waals surface area contributed by atoms with Crippen molar-refractivity contribution in [2.75, 3.05) is 35.2 Å². The van der Waals surface area contributed by atoms with Crippen LogP contribution in [-0.2, 0) is 10.2 Å². The normalized spacial score (nSPS) is 14.7. The smallest absolute Gasteiger partial charge is 0.243 e. The van der Waals surface area contributed by atoms with Crippen molar-refractivity contribution in [1.29, 1.82) is 0 Å². The van der Waals surface area contributed by atoms with Gasteiger partial charge < -0.3 is 15.5 Å². The zero-order valence-corrected chi connectivity index (χ0v) is 16.7. The lowest BCUT2D eigenvalue weighted by Crippen LogP contribution is -2.29. The molecule has 1 saturated heterocycles. The average Bonchev–Trinajstić information content (AvgIpc) is 2.67. The van der Waals surface area contributed by atoms with Crippen LogP contribution in [0.1, 0.15) is 45.6 Å². The van der Waals surface area contributed by atoms with Crippen molar-refractivity contribution in [1.82, 2.24) is 0 Å². The molecule has 1 aliphatic heterocycles. The van der Waals surface area contributed by atoms with Gasteiger partial charge in [0.25, 0.3) is 0 Å². The van der Waals surface area contributed by atoms with Gasteiger partial charge in [-0.15, -0.1) is 0 Å². The summed E-state index contributed by atoms with van der Waals surface area (Å²) < 4.78 is 0. The third kappa shape index (κ3) is 5.25. The number of carbonyl (C=O) groups is 1. The highest BCUT2D eigenvalue weighted by atomic mass is 16.1. The second-order valence-electron chi connectivity index (χ2n) is 8.29. The summed E-state index contributed by atoms with van der Waals surface area (Å²) in [6, 6.07) is 16.4. The van der Waals surface area contributed by atoms with Gasteiger partial charge in [0.2, 0.25) is 5.91 Å². The van der Waals surface area contributed by atoms with Crippen LogP contribution in [-0.4, -0.2) is 25.5 Å². The van der Waals surface area contributed by atoms with Crippen molar-refractivity contribution >= 4 is 23.0 Å². The number of carbonyl (C=O) groups excluding carboxylic acids is 1. The molecule has 1 amide bonds. The van der Waals surface area contributed by atoms with E-state index in [0.29, 0.717) is 0 Å². The Labute approximate surface area is 163 Å². The molecule has 0 aliphatic carbocycles. The third-order valence-corrected chi connectivity index (χ3v) is 5.05. The molecule has 4 heteroatoms. The van der Waals surface area contributed by atoms with Crippen LogP contribution in [0.25, 0.3) is 0 Å². The minimum atomic E-state index is -0.0376. The lowest BCUT2D eigenvalue weighted by Gasteiger charge is -2.28. The van der Waals surface area contributed by atoms with Gasteiger partial charge in [0, 0.05) is 30.2 Å². The van der Waals surface area contributed by atoms with Crippen LogP contribution in [0.15, 0.2) is 48.5 Å². The molecule has 4 nitrogen and oxygen atoms in total. The van der Waals surface area contributed by atoms with Crippen molar-refractivity contribution in [3.63, 3.8) is 0 Å². The number of anilines is 3. The van der Waals surface area contributed by atoms with Crippen molar-refractivity contribution < 1.29 is 4.79 Å². The van der Waals surface area contributed by atoms with Crippen molar-refractivity contribution in [2.45, 2.75) is 45.4 Å². The molecule has 0 aromatic heterocycles. The lowest BCUT2D eigenvalue weighted by atomic mass is 9.86. The highest BCUT2D eigenvalue weighted by Crippen LogP contribution is 2.29. The predicted octanol–water partition coefficient (Wildman–Crippen LogP) is 5.03. The summed E-state index contributed by atoms with van der Waals surface area (Å²) in [5.74, 6) is -0.0376. The number of para-hydroxylation sites is 1. The topological polar surface area (TPSA) is 44.4 Å². The molecule has 0 saturated carbocycles. The number of hydrogen-bond acceptors (Lipinski definition) is 3. The maximum absolute atomic E-state index is 12.3. The van der Waals surface area contributed by atoms with Crippen molar-refractivity contribution in [2.24, 2.45) is 0 Å². The molecule has 1 heterocycles. The summed E-state index contributed by atoms with van der Waals surface area (Å²) in [6.45, 7) is 9.04. The molecule has 27 heavy (non-hydrogen) atoms. The van der Waals surface area contributed by atoms with Crippen LogP contribution in [0.2, 0.25) is 0 Å². The van der Waals surface area contributed by atoms with Gasteiger partial charge in [-0.2, -0.15) is 0 Å². The minimum Gasteiger partial charge on any atom is -0.376 e. The molecule has 0 bridgehead atoms. The summed E-state index contributed by atoms with van der Waals surface area (Å²) >= 11 is 0. The molecular weight excluding hydrogens is 334 g/mol. The fraction of sp³-hybridized carbons (Fsp3) is 0.435. The van der Waals surface area contributed by atoms with Crippen molar-refractivity contribution in [3.8, 4) is 0 Å². The number of piperidine rings is 1. The Morgan fingerprint density at radius 2 is 1.63 bits per heavy atom. The number of nitrogens with one attached hydrogen (secondary N) is 2. The molecule has 1 aliphatic rings. The van der Waals surface area contributed by atoms with Gasteiger partial charge in [0.05, 0.1) is 6.54 Å². The van der Waals surface area contributed by atoms with E-state index in [9.17, 15) is 4.79 Å². The molecule has 1 fully saturated rings. The molecule has 0 spiro atoms. The maximum atomic E-state index is 12.3. The molecule has 144 valence electrons. The van der Waals surface area contributed by atoms with E-state index in [-0.39, 0.29) is 17.9 Å².